The van der Waals surface area contributed by atoms with Gasteiger partial charge in [-0.05, 0) is 45.4 Å². The van der Waals surface area contributed by atoms with Crippen LogP contribution in [0.25, 0.3) is 0 Å². The molecule has 2 rings (SSSR count). The number of esters is 1. The molecular weight excluding hydrogens is 406 g/mol. The third-order valence-corrected chi connectivity index (χ3v) is 4.27. The predicted octanol–water partition coefficient (Wildman–Crippen LogP) is 3.42. The Hall–Kier alpha value is -3.29. The number of nitrogens with one attached hydrogen (secondary N) is 2. The summed E-state index contributed by atoms with van der Waals surface area (Å²) in [6.07, 6.45) is -1.34. The van der Waals surface area contributed by atoms with Crippen LogP contribution in [0, 0.1) is 17.0 Å². The summed E-state index contributed by atoms with van der Waals surface area (Å²) >= 11 is 0. The highest BCUT2D eigenvalue weighted by Crippen LogP contribution is 2.22. The molecule has 0 heterocycles. The lowest BCUT2D eigenvalue weighted by molar-refractivity contribution is -0.162. The second kappa shape index (κ2) is 10.1. The predicted molar refractivity (Wildman–Crippen MR) is 111 cm³/mol. The van der Waals surface area contributed by atoms with Crippen LogP contribution in [0.3, 0.4) is 0 Å². The van der Waals surface area contributed by atoms with E-state index >= 15 is 0 Å². The summed E-state index contributed by atoms with van der Waals surface area (Å²) in [6, 6.07) is 10.5. The van der Waals surface area contributed by atoms with Gasteiger partial charge < -0.3 is 15.4 Å². The highest BCUT2D eigenvalue weighted by atomic mass is 19.1. The minimum Gasteiger partial charge on any atom is -0.437 e. The summed E-state index contributed by atoms with van der Waals surface area (Å²) in [5.74, 6) is -3.27. The lowest BCUT2D eigenvalue weighted by Gasteiger charge is -2.25. The topological polar surface area (TPSA) is 84.5 Å². The molecule has 0 bridgehead atoms. The van der Waals surface area contributed by atoms with E-state index in [1.54, 1.807) is 51.1 Å². The highest BCUT2D eigenvalue weighted by Gasteiger charge is 2.29. The van der Waals surface area contributed by atoms with Gasteiger partial charge in [-0.2, -0.15) is 0 Å². The molecule has 2 atom stereocenters. The Morgan fingerprint density at radius 2 is 1.55 bits per heavy atom. The summed E-state index contributed by atoms with van der Waals surface area (Å²) in [6.45, 7) is 6.53. The van der Waals surface area contributed by atoms with Crippen molar-refractivity contribution in [3.8, 4) is 0 Å². The van der Waals surface area contributed by atoms with Crippen LogP contribution in [0.5, 0.6) is 0 Å². The van der Waals surface area contributed by atoms with Gasteiger partial charge in [-0.15, -0.1) is 0 Å². The van der Waals surface area contributed by atoms with Crippen LogP contribution in [-0.2, 0) is 25.5 Å². The molecule has 31 heavy (non-hydrogen) atoms. The van der Waals surface area contributed by atoms with E-state index in [1.807, 2.05) is 0 Å². The number of benzene rings is 2. The van der Waals surface area contributed by atoms with E-state index in [4.69, 9.17) is 4.74 Å². The average Bonchev–Trinajstić information content (AvgIpc) is 2.66. The summed E-state index contributed by atoms with van der Waals surface area (Å²) in [4.78, 5) is 37.1. The lowest BCUT2D eigenvalue weighted by atomic mass is 9.97. The zero-order valence-corrected chi connectivity index (χ0v) is 17.9. The lowest BCUT2D eigenvalue weighted by Crippen LogP contribution is -2.47. The molecule has 0 aliphatic carbocycles. The first-order valence-corrected chi connectivity index (χ1v) is 9.76. The van der Waals surface area contributed by atoms with Gasteiger partial charge in [0.1, 0.15) is 17.7 Å². The van der Waals surface area contributed by atoms with E-state index in [0.29, 0.717) is 11.6 Å². The van der Waals surface area contributed by atoms with Crippen molar-refractivity contribution in [1.29, 1.82) is 0 Å². The molecule has 166 valence electrons. The molecule has 0 fully saturated rings. The normalized spacial score (nSPS) is 13.1. The number of hydrogen-bond acceptors (Lipinski definition) is 4. The van der Waals surface area contributed by atoms with Gasteiger partial charge in [0.25, 0.3) is 0 Å². The molecule has 2 N–H and O–H groups in total. The standard InChI is InChI=1S/C23H26F2N2O4/c1-14(26-19(28)12-15-10-17(24)13-18(25)11-15)20(29)27-21(16-8-6-5-7-9-16)31-22(30)23(2,3)4/h5-11,13-14,21H,12H2,1-4H3,(H,26,28)(H,27,29)/t14-,21+/m0/s1. The monoisotopic (exact) mass is 432 g/mol. The number of carbonyl (C=O) groups is 3. The van der Waals surface area contributed by atoms with Crippen molar-refractivity contribution in [3.63, 3.8) is 0 Å². The molecular formula is C23H26F2N2O4. The largest absolute Gasteiger partial charge is 0.437 e. The minimum absolute atomic E-state index is 0.142. The Morgan fingerprint density at radius 1 is 0.968 bits per heavy atom. The number of halogens is 2. The zero-order valence-electron chi connectivity index (χ0n) is 17.9. The summed E-state index contributed by atoms with van der Waals surface area (Å²) < 4.78 is 32.1. The first kappa shape index (κ1) is 24.0. The van der Waals surface area contributed by atoms with Gasteiger partial charge in [0, 0.05) is 11.6 Å². The molecule has 0 radical (unpaired) electrons. The SMILES string of the molecule is C[C@H](NC(=O)Cc1cc(F)cc(F)c1)C(=O)N[C@H](OC(=O)C(C)(C)C)c1ccccc1. The van der Waals surface area contributed by atoms with Crippen LogP contribution in [0.2, 0.25) is 0 Å². The molecule has 0 saturated heterocycles. The molecule has 6 nitrogen and oxygen atoms in total. The van der Waals surface area contributed by atoms with Crippen molar-refractivity contribution in [2.45, 2.75) is 46.4 Å². The van der Waals surface area contributed by atoms with Crippen molar-refractivity contribution in [1.82, 2.24) is 10.6 Å². The smallest absolute Gasteiger partial charge is 0.313 e. The van der Waals surface area contributed by atoms with E-state index in [1.165, 1.54) is 6.92 Å². The zero-order chi connectivity index (χ0) is 23.2. The van der Waals surface area contributed by atoms with E-state index in [2.05, 4.69) is 10.6 Å². The number of hydrogen-bond donors (Lipinski definition) is 2. The third kappa shape index (κ3) is 7.47. The summed E-state index contributed by atoms with van der Waals surface area (Å²) in [5, 5.41) is 5.08. The molecule has 0 aromatic heterocycles. The minimum atomic E-state index is -1.04. The third-order valence-electron chi connectivity index (χ3n) is 4.27. The molecule has 2 aromatic carbocycles. The van der Waals surface area contributed by atoms with Crippen molar-refractivity contribution in [2.24, 2.45) is 5.41 Å². The molecule has 2 aromatic rings. The Labute approximate surface area is 180 Å². The molecule has 0 aliphatic rings. The molecule has 0 aliphatic heterocycles. The maximum Gasteiger partial charge on any atom is 0.313 e. The Kier molecular flexibility index (Phi) is 7.85. The van der Waals surface area contributed by atoms with Crippen LogP contribution < -0.4 is 10.6 Å². The molecule has 8 heteroatoms. The Morgan fingerprint density at radius 3 is 2.10 bits per heavy atom. The van der Waals surface area contributed by atoms with Gasteiger partial charge in [0.05, 0.1) is 11.8 Å². The van der Waals surface area contributed by atoms with Gasteiger partial charge in [-0.1, -0.05) is 30.3 Å². The first-order valence-electron chi connectivity index (χ1n) is 9.76. The van der Waals surface area contributed by atoms with E-state index < -0.39 is 47.1 Å². The number of amides is 2. The van der Waals surface area contributed by atoms with Gasteiger partial charge in [-0.3, -0.25) is 14.4 Å². The fraction of sp³-hybridized carbons (Fsp3) is 0.348. The quantitative estimate of drug-likeness (QED) is 0.519. The highest BCUT2D eigenvalue weighted by molar-refractivity contribution is 5.88. The van der Waals surface area contributed by atoms with Gasteiger partial charge >= 0.3 is 5.97 Å². The summed E-state index contributed by atoms with van der Waals surface area (Å²) in [5.41, 5.74) is -0.0799. The molecule has 0 spiro atoms. The summed E-state index contributed by atoms with van der Waals surface area (Å²) in [7, 11) is 0. The number of ether oxygens (including phenoxy) is 1. The number of rotatable bonds is 7. The fourth-order valence-corrected chi connectivity index (χ4v) is 2.60. The van der Waals surface area contributed by atoms with Crippen LogP contribution in [0.4, 0.5) is 8.78 Å². The second-order valence-corrected chi connectivity index (χ2v) is 8.20. The fourth-order valence-electron chi connectivity index (χ4n) is 2.60. The second-order valence-electron chi connectivity index (χ2n) is 8.20. The van der Waals surface area contributed by atoms with Crippen LogP contribution in [-0.4, -0.2) is 23.8 Å². The van der Waals surface area contributed by atoms with E-state index in [9.17, 15) is 23.2 Å². The molecule has 2 amide bonds. The van der Waals surface area contributed by atoms with Gasteiger partial charge in [0.15, 0.2) is 0 Å². The Balaban J connectivity index is 2.04. The maximum absolute atomic E-state index is 13.3. The van der Waals surface area contributed by atoms with Crippen LogP contribution in [0.15, 0.2) is 48.5 Å². The maximum atomic E-state index is 13.3. The van der Waals surface area contributed by atoms with Crippen molar-refractivity contribution in [3.05, 3.63) is 71.3 Å². The average molecular weight is 432 g/mol. The molecule has 0 saturated carbocycles. The van der Waals surface area contributed by atoms with E-state index in [-0.39, 0.29) is 12.0 Å². The number of carbonyl (C=O) groups excluding carboxylic acids is 3. The van der Waals surface area contributed by atoms with Crippen LogP contribution >= 0.6 is 0 Å². The van der Waals surface area contributed by atoms with Crippen molar-refractivity contribution >= 4 is 17.8 Å². The molecule has 0 unspecified atom stereocenters. The van der Waals surface area contributed by atoms with Gasteiger partial charge in [-0.25, -0.2) is 8.78 Å². The first-order chi connectivity index (χ1) is 14.5. The van der Waals surface area contributed by atoms with Crippen LogP contribution in [0.1, 0.15) is 45.0 Å². The van der Waals surface area contributed by atoms with Crippen molar-refractivity contribution < 1.29 is 27.9 Å². The van der Waals surface area contributed by atoms with E-state index in [0.717, 1.165) is 12.1 Å². The van der Waals surface area contributed by atoms with Gasteiger partial charge in [0.2, 0.25) is 18.0 Å². The Bertz CT molecular complexity index is 922. The van der Waals surface area contributed by atoms with Crippen molar-refractivity contribution in [2.75, 3.05) is 0 Å².